The first-order valence-corrected chi connectivity index (χ1v) is 6.69. The minimum Gasteiger partial charge on any atom is -0.379 e. The summed E-state index contributed by atoms with van der Waals surface area (Å²) in [4.78, 5) is 15.4. The SMILES string of the molecule is COC1CCCC1NC(=O)c1ccc2cc[nH]c2c1. The van der Waals surface area contributed by atoms with Crippen LogP contribution in [0.3, 0.4) is 0 Å². The number of ether oxygens (including phenoxy) is 1. The average Bonchev–Trinajstić information content (AvgIpc) is 3.05. The molecule has 1 amide bonds. The zero-order chi connectivity index (χ0) is 13.2. The van der Waals surface area contributed by atoms with Gasteiger partial charge in [0.15, 0.2) is 0 Å². The number of hydrogen-bond acceptors (Lipinski definition) is 2. The van der Waals surface area contributed by atoms with Crippen LogP contribution >= 0.6 is 0 Å². The number of benzene rings is 1. The van der Waals surface area contributed by atoms with Crippen LogP contribution in [0.1, 0.15) is 29.6 Å². The Hall–Kier alpha value is -1.81. The monoisotopic (exact) mass is 258 g/mol. The fraction of sp³-hybridized carbons (Fsp3) is 0.400. The minimum atomic E-state index is -0.0227. The predicted molar refractivity (Wildman–Crippen MR) is 74.2 cm³/mol. The molecule has 0 aliphatic heterocycles. The van der Waals surface area contributed by atoms with Gasteiger partial charge in [0.05, 0.1) is 12.1 Å². The lowest BCUT2D eigenvalue weighted by Gasteiger charge is -2.19. The molecular formula is C15H18N2O2. The fourth-order valence-corrected chi connectivity index (χ4v) is 2.81. The molecule has 0 spiro atoms. The van der Waals surface area contributed by atoms with Crippen molar-refractivity contribution in [2.75, 3.05) is 7.11 Å². The van der Waals surface area contributed by atoms with E-state index in [1.54, 1.807) is 7.11 Å². The maximum atomic E-state index is 12.2. The summed E-state index contributed by atoms with van der Waals surface area (Å²) in [5.41, 5.74) is 1.68. The standard InChI is InChI=1S/C15H18N2O2/c1-19-14-4-2-3-12(14)17-15(18)11-6-5-10-7-8-16-13(10)9-11/h5-9,12,14,16H,2-4H2,1H3,(H,17,18). The van der Waals surface area contributed by atoms with Crippen LogP contribution in [0.25, 0.3) is 10.9 Å². The van der Waals surface area contributed by atoms with Gasteiger partial charge in [-0.05, 0) is 42.8 Å². The van der Waals surface area contributed by atoms with E-state index in [4.69, 9.17) is 4.74 Å². The maximum Gasteiger partial charge on any atom is 0.251 e. The van der Waals surface area contributed by atoms with Crippen LogP contribution in [0, 0.1) is 0 Å². The molecule has 2 atom stereocenters. The largest absolute Gasteiger partial charge is 0.379 e. The van der Waals surface area contributed by atoms with E-state index in [-0.39, 0.29) is 18.1 Å². The van der Waals surface area contributed by atoms with E-state index < -0.39 is 0 Å². The first-order chi connectivity index (χ1) is 9.28. The van der Waals surface area contributed by atoms with Crippen molar-refractivity contribution < 1.29 is 9.53 Å². The Balaban J connectivity index is 1.76. The Bertz CT molecular complexity index is 591. The van der Waals surface area contributed by atoms with Crippen LogP contribution in [0.15, 0.2) is 30.5 Å². The molecular weight excluding hydrogens is 240 g/mol. The number of fused-ring (bicyclic) bond motifs is 1. The second kappa shape index (κ2) is 5.05. The van der Waals surface area contributed by atoms with Gasteiger partial charge in [0.2, 0.25) is 0 Å². The fourth-order valence-electron chi connectivity index (χ4n) is 2.81. The van der Waals surface area contributed by atoms with Crippen LogP contribution in [0.5, 0.6) is 0 Å². The van der Waals surface area contributed by atoms with Crippen molar-refractivity contribution >= 4 is 16.8 Å². The summed E-state index contributed by atoms with van der Waals surface area (Å²) in [6.45, 7) is 0. The Morgan fingerprint density at radius 3 is 3.11 bits per heavy atom. The van der Waals surface area contributed by atoms with Crippen molar-refractivity contribution in [2.45, 2.75) is 31.4 Å². The first-order valence-electron chi connectivity index (χ1n) is 6.69. The predicted octanol–water partition coefficient (Wildman–Crippen LogP) is 2.47. The highest BCUT2D eigenvalue weighted by Crippen LogP contribution is 2.22. The maximum absolute atomic E-state index is 12.2. The number of H-pyrrole nitrogens is 1. The van der Waals surface area contributed by atoms with Crippen LogP contribution < -0.4 is 5.32 Å². The number of aromatic nitrogens is 1. The van der Waals surface area contributed by atoms with E-state index in [2.05, 4.69) is 10.3 Å². The van der Waals surface area contributed by atoms with E-state index in [0.717, 1.165) is 30.2 Å². The molecule has 0 saturated heterocycles. The molecule has 0 radical (unpaired) electrons. The molecule has 1 heterocycles. The van der Waals surface area contributed by atoms with Crippen molar-refractivity contribution in [1.82, 2.24) is 10.3 Å². The number of hydrogen-bond donors (Lipinski definition) is 2. The lowest BCUT2D eigenvalue weighted by atomic mass is 10.1. The van der Waals surface area contributed by atoms with E-state index in [0.29, 0.717) is 5.56 Å². The number of carbonyl (C=O) groups is 1. The molecule has 19 heavy (non-hydrogen) atoms. The highest BCUT2D eigenvalue weighted by Gasteiger charge is 2.28. The Morgan fingerprint density at radius 2 is 2.26 bits per heavy atom. The number of amides is 1. The zero-order valence-electron chi connectivity index (χ0n) is 11.0. The second-order valence-corrected chi connectivity index (χ2v) is 5.06. The van der Waals surface area contributed by atoms with E-state index in [1.165, 1.54) is 0 Å². The molecule has 1 aromatic carbocycles. The van der Waals surface area contributed by atoms with E-state index >= 15 is 0 Å². The normalized spacial score (nSPS) is 22.8. The lowest BCUT2D eigenvalue weighted by Crippen LogP contribution is -2.40. The molecule has 1 aliphatic rings. The molecule has 4 heteroatoms. The third-order valence-corrected chi connectivity index (χ3v) is 3.89. The summed E-state index contributed by atoms with van der Waals surface area (Å²) in [5, 5.41) is 4.19. The van der Waals surface area contributed by atoms with Crippen LogP contribution in [-0.2, 0) is 4.74 Å². The van der Waals surface area contributed by atoms with Gasteiger partial charge in [-0.15, -0.1) is 0 Å². The Kier molecular flexibility index (Phi) is 3.25. The number of aromatic amines is 1. The lowest BCUT2D eigenvalue weighted by molar-refractivity contribution is 0.0722. The Labute approximate surface area is 112 Å². The summed E-state index contributed by atoms with van der Waals surface area (Å²) >= 11 is 0. The molecule has 2 unspecified atom stereocenters. The number of carbonyl (C=O) groups excluding carboxylic acids is 1. The Morgan fingerprint density at radius 1 is 1.37 bits per heavy atom. The van der Waals surface area contributed by atoms with Gasteiger partial charge in [-0.1, -0.05) is 6.07 Å². The van der Waals surface area contributed by atoms with Crippen LogP contribution in [-0.4, -0.2) is 30.1 Å². The number of methoxy groups -OCH3 is 1. The molecule has 1 aliphatic carbocycles. The molecule has 0 bridgehead atoms. The third-order valence-electron chi connectivity index (χ3n) is 3.89. The van der Waals surface area contributed by atoms with Crippen molar-refractivity contribution in [3.63, 3.8) is 0 Å². The summed E-state index contributed by atoms with van der Waals surface area (Å²) < 4.78 is 5.40. The van der Waals surface area contributed by atoms with E-state index in [9.17, 15) is 4.79 Å². The van der Waals surface area contributed by atoms with Gasteiger partial charge in [-0.25, -0.2) is 0 Å². The molecule has 4 nitrogen and oxygen atoms in total. The summed E-state index contributed by atoms with van der Waals surface area (Å²) in [5.74, 6) is -0.0227. The molecule has 3 rings (SSSR count). The quantitative estimate of drug-likeness (QED) is 0.888. The van der Waals surface area contributed by atoms with Gasteiger partial charge in [0, 0.05) is 24.4 Å². The topological polar surface area (TPSA) is 54.1 Å². The van der Waals surface area contributed by atoms with Crippen molar-refractivity contribution in [1.29, 1.82) is 0 Å². The number of rotatable bonds is 3. The number of nitrogens with one attached hydrogen (secondary N) is 2. The molecule has 1 aromatic heterocycles. The molecule has 1 fully saturated rings. The van der Waals surface area contributed by atoms with Crippen molar-refractivity contribution in [3.8, 4) is 0 Å². The summed E-state index contributed by atoms with van der Waals surface area (Å²) in [6, 6.07) is 7.85. The second-order valence-electron chi connectivity index (χ2n) is 5.06. The van der Waals surface area contributed by atoms with Gasteiger partial charge in [-0.2, -0.15) is 0 Å². The van der Waals surface area contributed by atoms with Crippen molar-refractivity contribution in [2.24, 2.45) is 0 Å². The molecule has 1 saturated carbocycles. The molecule has 2 aromatic rings. The highest BCUT2D eigenvalue weighted by atomic mass is 16.5. The third kappa shape index (κ3) is 2.36. The average molecular weight is 258 g/mol. The summed E-state index contributed by atoms with van der Waals surface area (Å²) in [7, 11) is 1.71. The van der Waals surface area contributed by atoms with Gasteiger partial charge in [0.1, 0.15) is 0 Å². The van der Waals surface area contributed by atoms with E-state index in [1.807, 2.05) is 30.5 Å². The molecule has 2 N–H and O–H groups in total. The smallest absolute Gasteiger partial charge is 0.251 e. The summed E-state index contributed by atoms with van der Waals surface area (Å²) in [6.07, 6.45) is 5.16. The van der Waals surface area contributed by atoms with Gasteiger partial charge in [0.25, 0.3) is 5.91 Å². The van der Waals surface area contributed by atoms with Crippen LogP contribution in [0.2, 0.25) is 0 Å². The van der Waals surface area contributed by atoms with Gasteiger partial charge >= 0.3 is 0 Å². The highest BCUT2D eigenvalue weighted by molar-refractivity contribution is 5.98. The van der Waals surface area contributed by atoms with Crippen molar-refractivity contribution in [3.05, 3.63) is 36.0 Å². The zero-order valence-corrected chi connectivity index (χ0v) is 11.0. The minimum absolute atomic E-state index is 0.0227. The molecule has 100 valence electrons. The van der Waals surface area contributed by atoms with Crippen LogP contribution in [0.4, 0.5) is 0 Å². The van der Waals surface area contributed by atoms with Gasteiger partial charge in [-0.3, -0.25) is 4.79 Å². The first kappa shape index (κ1) is 12.2. The van der Waals surface area contributed by atoms with Gasteiger partial charge < -0.3 is 15.0 Å².